The molecule has 11 heavy (non-hydrogen) atoms. The smallest absolute Gasteiger partial charge is 0.323 e. The van der Waals surface area contributed by atoms with E-state index < -0.39 is 0 Å². The van der Waals surface area contributed by atoms with Gasteiger partial charge in [0.15, 0.2) is 0 Å². The third-order valence-electron chi connectivity index (χ3n) is 2.23. The van der Waals surface area contributed by atoms with Gasteiger partial charge >= 0.3 is 5.97 Å². The molecule has 1 fully saturated rings. The lowest BCUT2D eigenvalue weighted by Crippen LogP contribution is -2.33. The monoisotopic (exact) mass is 157 g/mol. The van der Waals surface area contributed by atoms with E-state index in [1.165, 1.54) is 7.11 Å². The Morgan fingerprint density at radius 3 is 2.64 bits per heavy atom. The predicted molar refractivity (Wildman–Crippen MR) is 42.2 cm³/mol. The van der Waals surface area contributed by atoms with E-state index in [2.05, 4.69) is 16.6 Å². The van der Waals surface area contributed by atoms with Gasteiger partial charge in [-0.05, 0) is 19.4 Å². The summed E-state index contributed by atoms with van der Waals surface area (Å²) in [4.78, 5) is 13.2. The number of methoxy groups -OCH3 is 1. The van der Waals surface area contributed by atoms with Crippen LogP contribution in [0.1, 0.15) is 13.3 Å². The van der Waals surface area contributed by atoms with Crippen molar-refractivity contribution < 1.29 is 9.53 Å². The third kappa shape index (κ3) is 1.71. The van der Waals surface area contributed by atoms with Gasteiger partial charge in [-0.3, -0.25) is 9.69 Å². The number of hydrogen-bond donors (Lipinski definition) is 0. The number of likely N-dealkylation sites (tertiary alicyclic amines) is 1. The molecule has 1 heterocycles. The maximum Gasteiger partial charge on any atom is 0.323 e. The van der Waals surface area contributed by atoms with Gasteiger partial charge < -0.3 is 4.74 Å². The molecule has 0 spiro atoms. The molecular formula is C8H15NO2. The summed E-state index contributed by atoms with van der Waals surface area (Å²) in [5.41, 5.74) is 0. The van der Waals surface area contributed by atoms with Crippen LogP contribution in [0.3, 0.4) is 0 Å². The minimum absolute atomic E-state index is 0.00463. The van der Waals surface area contributed by atoms with Crippen molar-refractivity contribution in [3.8, 4) is 0 Å². The number of hydrogen-bond acceptors (Lipinski definition) is 3. The van der Waals surface area contributed by atoms with E-state index >= 15 is 0 Å². The van der Waals surface area contributed by atoms with Crippen molar-refractivity contribution in [2.45, 2.75) is 19.4 Å². The first-order chi connectivity index (χ1) is 5.15. The Kier molecular flexibility index (Phi) is 2.49. The highest BCUT2D eigenvalue weighted by Crippen LogP contribution is 2.21. The molecule has 0 unspecified atom stereocenters. The van der Waals surface area contributed by atoms with E-state index in [1.54, 1.807) is 0 Å². The van der Waals surface area contributed by atoms with E-state index in [0.29, 0.717) is 5.92 Å². The molecule has 1 rings (SSSR count). The van der Waals surface area contributed by atoms with Crippen LogP contribution < -0.4 is 0 Å². The molecule has 0 aliphatic carbocycles. The molecule has 0 bridgehead atoms. The van der Waals surface area contributed by atoms with Crippen molar-refractivity contribution in [2.24, 2.45) is 5.92 Å². The number of carbonyl (C=O) groups is 1. The Hall–Kier alpha value is -0.570. The normalized spacial score (nSPS) is 32.3. The first-order valence-electron chi connectivity index (χ1n) is 3.93. The van der Waals surface area contributed by atoms with Gasteiger partial charge in [0.2, 0.25) is 0 Å². The van der Waals surface area contributed by atoms with Crippen molar-refractivity contribution in [3.63, 3.8) is 0 Å². The van der Waals surface area contributed by atoms with Crippen LogP contribution in [0.5, 0.6) is 0 Å². The Bertz CT molecular complexity index is 158. The number of rotatable bonds is 1. The van der Waals surface area contributed by atoms with Gasteiger partial charge in [0.25, 0.3) is 0 Å². The lowest BCUT2D eigenvalue weighted by Gasteiger charge is -2.15. The molecule has 0 aromatic carbocycles. The Labute approximate surface area is 67.3 Å². The van der Waals surface area contributed by atoms with Gasteiger partial charge in [-0.15, -0.1) is 0 Å². The maximum absolute atomic E-state index is 11.1. The summed E-state index contributed by atoms with van der Waals surface area (Å²) in [6.07, 6.45) is 0.934. The van der Waals surface area contributed by atoms with Crippen LogP contribution in [0.25, 0.3) is 0 Å². The highest BCUT2D eigenvalue weighted by molar-refractivity contribution is 5.75. The Morgan fingerprint density at radius 2 is 2.27 bits per heavy atom. The largest absolute Gasteiger partial charge is 0.468 e. The second-order valence-corrected chi connectivity index (χ2v) is 3.32. The van der Waals surface area contributed by atoms with Crippen molar-refractivity contribution >= 4 is 5.97 Å². The fraction of sp³-hybridized carbons (Fsp3) is 0.875. The SMILES string of the molecule is COC(=O)[C@@H]1C[C@H](C)CN1C. The van der Waals surface area contributed by atoms with Crippen LogP contribution in [0.15, 0.2) is 0 Å². The van der Waals surface area contributed by atoms with Crippen LogP contribution >= 0.6 is 0 Å². The molecular weight excluding hydrogens is 142 g/mol. The van der Waals surface area contributed by atoms with E-state index in [1.807, 2.05) is 7.05 Å². The average Bonchev–Trinajstić information content (AvgIpc) is 2.28. The molecule has 3 nitrogen and oxygen atoms in total. The number of esters is 1. The average molecular weight is 157 g/mol. The molecule has 3 heteroatoms. The van der Waals surface area contributed by atoms with Crippen molar-refractivity contribution in [1.29, 1.82) is 0 Å². The minimum Gasteiger partial charge on any atom is -0.468 e. The van der Waals surface area contributed by atoms with Crippen molar-refractivity contribution in [1.82, 2.24) is 4.90 Å². The maximum atomic E-state index is 11.1. The Balaban J connectivity index is 2.52. The summed E-state index contributed by atoms with van der Waals surface area (Å²) >= 11 is 0. The standard InChI is InChI=1S/C8H15NO2/c1-6-4-7(8(10)11-3)9(2)5-6/h6-7H,4-5H2,1-3H3/t6-,7-/m0/s1. The summed E-state index contributed by atoms with van der Waals surface area (Å²) in [5, 5.41) is 0. The number of likely N-dealkylation sites (N-methyl/N-ethyl adjacent to an activating group) is 1. The van der Waals surface area contributed by atoms with Gasteiger partial charge in [-0.25, -0.2) is 0 Å². The van der Waals surface area contributed by atoms with E-state index in [0.717, 1.165) is 13.0 Å². The zero-order chi connectivity index (χ0) is 8.43. The highest BCUT2D eigenvalue weighted by Gasteiger charge is 2.32. The molecule has 0 aromatic rings. The molecule has 1 saturated heterocycles. The summed E-state index contributed by atoms with van der Waals surface area (Å²) in [6, 6.07) is -0.00463. The summed E-state index contributed by atoms with van der Waals surface area (Å²) in [7, 11) is 3.41. The number of carbonyl (C=O) groups excluding carboxylic acids is 1. The van der Waals surface area contributed by atoms with Crippen LogP contribution in [0.4, 0.5) is 0 Å². The van der Waals surface area contributed by atoms with Gasteiger partial charge in [0.1, 0.15) is 6.04 Å². The second-order valence-electron chi connectivity index (χ2n) is 3.32. The molecule has 0 amide bonds. The zero-order valence-electron chi connectivity index (χ0n) is 7.33. The molecule has 0 N–H and O–H groups in total. The lowest BCUT2D eigenvalue weighted by atomic mass is 10.1. The van der Waals surface area contributed by atoms with Gasteiger partial charge in [0, 0.05) is 6.54 Å². The summed E-state index contributed by atoms with van der Waals surface area (Å²) in [6.45, 7) is 3.15. The van der Waals surface area contributed by atoms with Crippen LogP contribution in [0.2, 0.25) is 0 Å². The van der Waals surface area contributed by atoms with E-state index in [9.17, 15) is 4.79 Å². The zero-order valence-corrected chi connectivity index (χ0v) is 7.33. The topological polar surface area (TPSA) is 29.5 Å². The van der Waals surface area contributed by atoms with Crippen molar-refractivity contribution in [3.05, 3.63) is 0 Å². The van der Waals surface area contributed by atoms with Gasteiger partial charge in [-0.2, -0.15) is 0 Å². The first-order valence-corrected chi connectivity index (χ1v) is 3.93. The van der Waals surface area contributed by atoms with Crippen LogP contribution in [-0.4, -0.2) is 37.6 Å². The van der Waals surface area contributed by atoms with Crippen LogP contribution in [-0.2, 0) is 9.53 Å². The van der Waals surface area contributed by atoms with E-state index in [-0.39, 0.29) is 12.0 Å². The van der Waals surface area contributed by atoms with E-state index in [4.69, 9.17) is 0 Å². The quantitative estimate of drug-likeness (QED) is 0.519. The summed E-state index contributed by atoms with van der Waals surface area (Å²) < 4.78 is 4.67. The van der Waals surface area contributed by atoms with Gasteiger partial charge in [0.05, 0.1) is 7.11 Å². The Morgan fingerprint density at radius 1 is 1.64 bits per heavy atom. The van der Waals surface area contributed by atoms with Crippen LogP contribution in [0, 0.1) is 5.92 Å². The molecule has 64 valence electrons. The molecule has 0 radical (unpaired) electrons. The molecule has 1 aliphatic rings. The minimum atomic E-state index is -0.100. The lowest BCUT2D eigenvalue weighted by molar-refractivity contribution is -0.145. The van der Waals surface area contributed by atoms with Gasteiger partial charge in [-0.1, -0.05) is 6.92 Å². The fourth-order valence-electron chi connectivity index (χ4n) is 1.67. The van der Waals surface area contributed by atoms with Crippen molar-refractivity contribution in [2.75, 3.05) is 20.7 Å². The molecule has 0 saturated carbocycles. The predicted octanol–water partition coefficient (Wildman–Crippen LogP) is 0.500. The third-order valence-corrected chi connectivity index (χ3v) is 2.23. The molecule has 2 atom stereocenters. The molecule has 0 aromatic heterocycles. The second kappa shape index (κ2) is 3.22. The fourth-order valence-corrected chi connectivity index (χ4v) is 1.67. The molecule has 1 aliphatic heterocycles. The number of ether oxygens (including phenoxy) is 1. The first kappa shape index (κ1) is 8.53. The highest BCUT2D eigenvalue weighted by atomic mass is 16.5. The number of nitrogens with zero attached hydrogens (tertiary/aromatic N) is 1. The summed E-state index contributed by atoms with van der Waals surface area (Å²) in [5.74, 6) is 0.515.